The summed E-state index contributed by atoms with van der Waals surface area (Å²) < 4.78 is 15.9. The standard InChI is InChI=1S/C17H18N4O4/c1-11-13(2-5-24-11)17-19-15(20-25-17)14-8-12(9-18-16(14)22)10-21-3-6-23-7-4-21/h2,5,8-9H,3-4,6-7,10H2,1H3,(H,18,22). The van der Waals surface area contributed by atoms with Crippen LogP contribution in [0.5, 0.6) is 0 Å². The summed E-state index contributed by atoms with van der Waals surface area (Å²) in [4.78, 5) is 21.6. The van der Waals surface area contributed by atoms with E-state index in [1.807, 2.05) is 13.0 Å². The van der Waals surface area contributed by atoms with E-state index < -0.39 is 0 Å². The summed E-state index contributed by atoms with van der Waals surface area (Å²) in [6.07, 6.45) is 3.28. The van der Waals surface area contributed by atoms with Gasteiger partial charge in [-0.15, -0.1) is 0 Å². The van der Waals surface area contributed by atoms with Crippen LogP contribution in [0.2, 0.25) is 0 Å². The molecule has 0 atom stereocenters. The zero-order valence-corrected chi connectivity index (χ0v) is 13.8. The maximum Gasteiger partial charge on any atom is 0.261 e. The Balaban J connectivity index is 1.61. The number of rotatable bonds is 4. The van der Waals surface area contributed by atoms with Gasteiger partial charge in [0.1, 0.15) is 5.76 Å². The van der Waals surface area contributed by atoms with Crippen molar-refractivity contribution >= 4 is 0 Å². The molecule has 1 saturated heterocycles. The van der Waals surface area contributed by atoms with E-state index in [1.165, 1.54) is 0 Å². The van der Waals surface area contributed by atoms with Gasteiger partial charge in [0.15, 0.2) is 0 Å². The first-order chi connectivity index (χ1) is 12.2. The molecule has 0 amide bonds. The highest BCUT2D eigenvalue weighted by Gasteiger charge is 2.17. The van der Waals surface area contributed by atoms with Crippen molar-refractivity contribution in [2.24, 2.45) is 0 Å². The molecule has 3 aromatic heterocycles. The Hall–Kier alpha value is -2.71. The second kappa shape index (κ2) is 6.66. The van der Waals surface area contributed by atoms with Crippen molar-refractivity contribution in [3.63, 3.8) is 0 Å². The van der Waals surface area contributed by atoms with Gasteiger partial charge in [0, 0.05) is 25.8 Å². The average Bonchev–Trinajstić information content (AvgIpc) is 3.26. The van der Waals surface area contributed by atoms with Crippen molar-refractivity contribution < 1.29 is 13.7 Å². The van der Waals surface area contributed by atoms with Gasteiger partial charge in [-0.25, -0.2) is 0 Å². The second-order valence-electron chi connectivity index (χ2n) is 5.95. The molecular weight excluding hydrogens is 324 g/mol. The Bertz CT molecular complexity index is 921. The number of pyridine rings is 1. The number of furan rings is 1. The van der Waals surface area contributed by atoms with E-state index in [1.54, 1.807) is 18.5 Å². The first-order valence-electron chi connectivity index (χ1n) is 8.11. The first-order valence-corrected chi connectivity index (χ1v) is 8.11. The monoisotopic (exact) mass is 342 g/mol. The highest BCUT2D eigenvalue weighted by Crippen LogP contribution is 2.24. The van der Waals surface area contributed by atoms with E-state index in [2.05, 4.69) is 20.0 Å². The number of aryl methyl sites for hydroxylation is 1. The number of aromatic amines is 1. The molecule has 130 valence electrons. The molecule has 1 aliphatic heterocycles. The van der Waals surface area contributed by atoms with Crippen LogP contribution in [0.4, 0.5) is 0 Å². The molecule has 0 aromatic carbocycles. The minimum atomic E-state index is -0.248. The topological polar surface area (TPSA) is 97.4 Å². The lowest BCUT2D eigenvalue weighted by Crippen LogP contribution is -2.35. The van der Waals surface area contributed by atoms with Gasteiger partial charge in [0.2, 0.25) is 5.82 Å². The SMILES string of the molecule is Cc1occc1-c1nc(-c2cc(CN3CCOCC3)c[nH]c2=O)no1. The van der Waals surface area contributed by atoms with Gasteiger partial charge in [0.25, 0.3) is 11.4 Å². The molecule has 1 aliphatic rings. The Kier molecular flexibility index (Phi) is 4.21. The van der Waals surface area contributed by atoms with Crippen LogP contribution < -0.4 is 5.56 Å². The minimum Gasteiger partial charge on any atom is -0.469 e. The molecule has 8 nitrogen and oxygen atoms in total. The summed E-state index contributed by atoms with van der Waals surface area (Å²) in [5, 5.41) is 3.95. The molecule has 1 fully saturated rings. The lowest BCUT2D eigenvalue weighted by atomic mass is 10.1. The van der Waals surface area contributed by atoms with E-state index in [4.69, 9.17) is 13.7 Å². The molecule has 8 heteroatoms. The summed E-state index contributed by atoms with van der Waals surface area (Å²) in [7, 11) is 0. The predicted molar refractivity (Wildman–Crippen MR) is 88.9 cm³/mol. The van der Waals surface area contributed by atoms with Gasteiger partial charge in [-0.05, 0) is 24.6 Å². The fourth-order valence-electron chi connectivity index (χ4n) is 2.85. The quantitative estimate of drug-likeness (QED) is 0.772. The van der Waals surface area contributed by atoms with Crippen LogP contribution in [-0.2, 0) is 11.3 Å². The van der Waals surface area contributed by atoms with E-state index >= 15 is 0 Å². The number of ether oxygens (including phenoxy) is 1. The zero-order valence-electron chi connectivity index (χ0n) is 13.8. The number of H-pyrrole nitrogens is 1. The molecule has 25 heavy (non-hydrogen) atoms. The number of morpholine rings is 1. The maximum absolute atomic E-state index is 12.2. The third-order valence-corrected chi connectivity index (χ3v) is 4.23. The van der Waals surface area contributed by atoms with Crippen LogP contribution >= 0.6 is 0 Å². The summed E-state index contributed by atoms with van der Waals surface area (Å²) in [5.41, 5.74) is 1.85. The van der Waals surface area contributed by atoms with Crippen molar-refractivity contribution in [1.82, 2.24) is 20.0 Å². The van der Waals surface area contributed by atoms with Gasteiger partial charge in [-0.3, -0.25) is 9.69 Å². The number of aromatic nitrogens is 3. The summed E-state index contributed by atoms with van der Waals surface area (Å²) in [5.74, 6) is 1.28. The molecule has 1 N–H and O–H groups in total. The molecule has 4 heterocycles. The molecule has 0 spiro atoms. The molecule has 0 saturated carbocycles. The Morgan fingerprint density at radius 3 is 2.88 bits per heavy atom. The van der Waals surface area contributed by atoms with Gasteiger partial charge < -0.3 is 18.7 Å². The maximum atomic E-state index is 12.2. The third kappa shape index (κ3) is 3.26. The largest absolute Gasteiger partial charge is 0.469 e. The van der Waals surface area contributed by atoms with Crippen molar-refractivity contribution in [1.29, 1.82) is 0 Å². The normalized spacial score (nSPS) is 15.6. The summed E-state index contributed by atoms with van der Waals surface area (Å²) >= 11 is 0. The lowest BCUT2D eigenvalue weighted by molar-refractivity contribution is 0.0341. The van der Waals surface area contributed by atoms with Crippen LogP contribution in [-0.4, -0.2) is 46.3 Å². The second-order valence-corrected chi connectivity index (χ2v) is 5.95. The van der Waals surface area contributed by atoms with E-state index in [9.17, 15) is 4.79 Å². The van der Waals surface area contributed by atoms with E-state index in [-0.39, 0.29) is 11.4 Å². The molecule has 0 bridgehead atoms. The van der Waals surface area contributed by atoms with Crippen LogP contribution in [0.1, 0.15) is 11.3 Å². The Labute approximate surface area is 143 Å². The number of hydrogen-bond acceptors (Lipinski definition) is 7. The van der Waals surface area contributed by atoms with Crippen LogP contribution in [0.15, 0.2) is 38.3 Å². The first kappa shape index (κ1) is 15.8. The molecule has 0 radical (unpaired) electrons. The smallest absolute Gasteiger partial charge is 0.261 e. The average molecular weight is 342 g/mol. The number of nitrogens with one attached hydrogen (secondary N) is 1. The highest BCUT2D eigenvalue weighted by molar-refractivity contribution is 5.60. The van der Waals surface area contributed by atoms with Crippen LogP contribution in [0, 0.1) is 6.92 Å². The summed E-state index contributed by atoms with van der Waals surface area (Å²) in [6, 6.07) is 3.57. The van der Waals surface area contributed by atoms with Crippen molar-refractivity contribution in [2.75, 3.05) is 26.3 Å². The van der Waals surface area contributed by atoms with Crippen molar-refractivity contribution in [2.45, 2.75) is 13.5 Å². The Morgan fingerprint density at radius 2 is 2.12 bits per heavy atom. The van der Waals surface area contributed by atoms with Crippen molar-refractivity contribution in [3.05, 3.63) is 46.3 Å². The van der Waals surface area contributed by atoms with Crippen LogP contribution in [0.25, 0.3) is 22.8 Å². The summed E-state index contributed by atoms with van der Waals surface area (Å²) in [6.45, 7) is 5.76. The van der Waals surface area contributed by atoms with Gasteiger partial charge in [0.05, 0.1) is 30.6 Å². The molecule has 3 aromatic rings. The van der Waals surface area contributed by atoms with Gasteiger partial charge in [-0.2, -0.15) is 4.98 Å². The molecule has 0 unspecified atom stereocenters. The predicted octanol–water partition coefficient (Wildman–Crippen LogP) is 1.83. The third-order valence-electron chi connectivity index (χ3n) is 4.23. The van der Waals surface area contributed by atoms with Crippen LogP contribution in [0.3, 0.4) is 0 Å². The van der Waals surface area contributed by atoms with E-state index in [0.29, 0.717) is 17.2 Å². The molecule has 4 rings (SSSR count). The molecule has 0 aliphatic carbocycles. The fraction of sp³-hybridized carbons (Fsp3) is 0.353. The lowest BCUT2D eigenvalue weighted by Gasteiger charge is -2.26. The fourth-order valence-corrected chi connectivity index (χ4v) is 2.85. The zero-order chi connectivity index (χ0) is 17.2. The van der Waals surface area contributed by atoms with Gasteiger partial charge >= 0.3 is 0 Å². The highest BCUT2D eigenvalue weighted by atomic mass is 16.5. The molecular formula is C17H18N4O4. The van der Waals surface area contributed by atoms with Gasteiger partial charge in [-0.1, -0.05) is 5.16 Å². The van der Waals surface area contributed by atoms with E-state index in [0.717, 1.165) is 44.0 Å². The number of nitrogens with zero attached hydrogens (tertiary/aromatic N) is 3. The minimum absolute atomic E-state index is 0.248. The Morgan fingerprint density at radius 1 is 1.28 bits per heavy atom. The number of hydrogen-bond donors (Lipinski definition) is 1. The van der Waals surface area contributed by atoms with Crippen molar-refractivity contribution in [3.8, 4) is 22.8 Å².